The standard InChI is InChI=1S/C36H35N5O3S/c1-22-20-26(24(3)40(22)29-16-14-28(15-17-29)39(4)5)21-31-35(43)41-33(25-12-18-30(44-6)19-13-25)32(23(2)37-36(41)45-31)34(42)38-27-10-8-7-9-11-27/h7-21,33H,1-6H3,(H,38,42)/b31-21-/t33-/m0/s1. The number of nitrogens with one attached hydrogen (secondary N) is 1. The Morgan fingerprint density at radius 1 is 0.978 bits per heavy atom. The number of carbonyl (C=O) groups excluding carboxylic acids is 1. The van der Waals surface area contributed by atoms with Crippen molar-refractivity contribution < 1.29 is 9.53 Å². The van der Waals surface area contributed by atoms with Gasteiger partial charge in [-0.05, 0) is 92.6 Å². The van der Waals surface area contributed by atoms with Crippen LogP contribution in [0, 0.1) is 13.8 Å². The van der Waals surface area contributed by atoms with Gasteiger partial charge in [-0.25, -0.2) is 4.99 Å². The van der Waals surface area contributed by atoms with E-state index in [1.165, 1.54) is 11.3 Å². The Morgan fingerprint density at radius 2 is 1.67 bits per heavy atom. The van der Waals surface area contributed by atoms with Crippen LogP contribution in [0.15, 0.2) is 106 Å². The first-order valence-corrected chi connectivity index (χ1v) is 15.5. The lowest BCUT2D eigenvalue weighted by Gasteiger charge is -2.25. The lowest BCUT2D eigenvalue weighted by atomic mass is 9.95. The number of benzene rings is 3. The first-order chi connectivity index (χ1) is 21.7. The molecule has 1 amide bonds. The van der Waals surface area contributed by atoms with Crippen LogP contribution in [0.2, 0.25) is 0 Å². The largest absolute Gasteiger partial charge is 0.497 e. The highest BCUT2D eigenvalue weighted by atomic mass is 32.1. The highest BCUT2D eigenvalue weighted by Crippen LogP contribution is 2.32. The number of para-hydroxylation sites is 1. The van der Waals surface area contributed by atoms with Gasteiger partial charge in [0.05, 0.1) is 29.0 Å². The molecule has 1 aliphatic rings. The summed E-state index contributed by atoms with van der Waals surface area (Å²) in [7, 11) is 5.65. The highest BCUT2D eigenvalue weighted by molar-refractivity contribution is 7.07. The molecule has 45 heavy (non-hydrogen) atoms. The van der Waals surface area contributed by atoms with Gasteiger partial charge in [-0.1, -0.05) is 41.7 Å². The third-order valence-corrected chi connectivity index (χ3v) is 9.09. The van der Waals surface area contributed by atoms with Crippen LogP contribution in [-0.4, -0.2) is 36.2 Å². The Hall–Kier alpha value is -5.15. The first-order valence-electron chi connectivity index (χ1n) is 14.7. The molecule has 1 atom stereocenters. The molecule has 8 nitrogen and oxygen atoms in total. The van der Waals surface area contributed by atoms with Gasteiger partial charge >= 0.3 is 0 Å². The number of nitrogens with zero attached hydrogens (tertiary/aromatic N) is 4. The number of hydrogen-bond acceptors (Lipinski definition) is 6. The van der Waals surface area contributed by atoms with Crippen LogP contribution in [0.5, 0.6) is 5.75 Å². The summed E-state index contributed by atoms with van der Waals surface area (Å²) in [4.78, 5) is 35.4. The maximum Gasteiger partial charge on any atom is 0.271 e. The summed E-state index contributed by atoms with van der Waals surface area (Å²) in [6, 6.07) is 26.6. The number of aromatic nitrogens is 2. The molecule has 9 heteroatoms. The second-order valence-electron chi connectivity index (χ2n) is 11.2. The van der Waals surface area contributed by atoms with Crippen molar-refractivity contribution in [2.24, 2.45) is 4.99 Å². The van der Waals surface area contributed by atoms with E-state index in [-0.39, 0.29) is 11.5 Å². The quantitative estimate of drug-likeness (QED) is 0.267. The van der Waals surface area contributed by atoms with Crippen molar-refractivity contribution in [2.45, 2.75) is 26.8 Å². The smallest absolute Gasteiger partial charge is 0.271 e. The summed E-state index contributed by atoms with van der Waals surface area (Å²) in [5.41, 5.74) is 7.47. The molecule has 0 spiro atoms. The number of ether oxygens (including phenoxy) is 1. The summed E-state index contributed by atoms with van der Waals surface area (Å²) >= 11 is 1.33. The average Bonchev–Trinajstić information content (AvgIpc) is 3.49. The maximum atomic E-state index is 14.2. The number of rotatable bonds is 7. The molecule has 0 radical (unpaired) electrons. The van der Waals surface area contributed by atoms with Crippen LogP contribution in [0.25, 0.3) is 11.8 Å². The Labute approximate surface area is 265 Å². The van der Waals surface area contributed by atoms with Crippen molar-refractivity contribution in [3.8, 4) is 11.4 Å². The third kappa shape index (κ3) is 5.62. The number of allylic oxidation sites excluding steroid dienone is 1. The van der Waals surface area contributed by atoms with Crippen molar-refractivity contribution in [2.75, 3.05) is 31.4 Å². The predicted molar refractivity (Wildman–Crippen MR) is 181 cm³/mol. The van der Waals surface area contributed by atoms with Gasteiger partial charge in [-0.2, -0.15) is 0 Å². The molecule has 0 aliphatic carbocycles. The number of anilines is 2. The van der Waals surface area contributed by atoms with E-state index in [0.29, 0.717) is 32.0 Å². The fourth-order valence-corrected chi connectivity index (χ4v) is 6.84. The van der Waals surface area contributed by atoms with Crippen molar-refractivity contribution in [3.63, 3.8) is 0 Å². The van der Waals surface area contributed by atoms with Crippen LogP contribution >= 0.6 is 11.3 Å². The molecule has 3 heterocycles. The molecule has 5 aromatic rings. The molecule has 0 saturated carbocycles. The van der Waals surface area contributed by atoms with Gasteiger partial charge in [0.25, 0.3) is 11.5 Å². The van der Waals surface area contributed by atoms with Gasteiger partial charge in [0.1, 0.15) is 5.75 Å². The van der Waals surface area contributed by atoms with E-state index in [1.54, 1.807) is 11.7 Å². The van der Waals surface area contributed by atoms with E-state index in [1.807, 2.05) is 81.7 Å². The van der Waals surface area contributed by atoms with Crippen molar-refractivity contribution in [3.05, 3.63) is 138 Å². The Balaban J connectivity index is 1.46. The monoisotopic (exact) mass is 617 g/mol. The average molecular weight is 618 g/mol. The zero-order valence-corrected chi connectivity index (χ0v) is 27.0. The number of aryl methyl sites for hydroxylation is 1. The molecule has 1 N–H and O–H groups in total. The summed E-state index contributed by atoms with van der Waals surface area (Å²) in [5.74, 6) is 0.384. The lowest BCUT2D eigenvalue weighted by Crippen LogP contribution is -2.40. The van der Waals surface area contributed by atoms with E-state index < -0.39 is 6.04 Å². The van der Waals surface area contributed by atoms with Crippen LogP contribution in [-0.2, 0) is 4.79 Å². The number of amides is 1. The van der Waals surface area contributed by atoms with E-state index in [4.69, 9.17) is 9.73 Å². The number of methoxy groups -OCH3 is 1. The molecule has 0 bridgehead atoms. The van der Waals surface area contributed by atoms with Gasteiger partial charge in [0.15, 0.2) is 4.80 Å². The number of hydrogen-bond donors (Lipinski definition) is 1. The molecule has 1 aliphatic heterocycles. The fourth-order valence-electron chi connectivity index (χ4n) is 5.81. The SMILES string of the molecule is COc1ccc([C@H]2C(C(=O)Nc3ccccc3)=C(C)N=c3s/c(=C\c4cc(C)n(-c5ccc(N(C)C)cc5)c4C)c(=O)n32)cc1. The molecule has 0 fully saturated rings. The first kappa shape index (κ1) is 29.9. The fraction of sp³-hybridized carbons (Fsp3) is 0.194. The van der Waals surface area contributed by atoms with Crippen molar-refractivity contribution >= 4 is 34.7 Å². The number of carbonyl (C=O) groups is 1. The molecule has 228 valence electrons. The summed E-state index contributed by atoms with van der Waals surface area (Å²) < 4.78 is 9.77. The highest BCUT2D eigenvalue weighted by Gasteiger charge is 2.32. The maximum absolute atomic E-state index is 14.2. The summed E-state index contributed by atoms with van der Waals surface area (Å²) in [6.07, 6.45) is 1.94. The minimum absolute atomic E-state index is 0.197. The van der Waals surface area contributed by atoms with Crippen LogP contribution in [0.4, 0.5) is 11.4 Å². The van der Waals surface area contributed by atoms with Gasteiger partial charge < -0.3 is 19.5 Å². The van der Waals surface area contributed by atoms with E-state index in [0.717, 1.165) is 33.9 Å². The van der Waals surface area contributed by atoms with E-state index in [9.17, 15) is 9.59 Å². The van der Waals surface area contributed by atoms with Gasteiger partial charge in [0, 0.05) is 42.5 Å². The topological polar surface area (TPSA) is 80.9 Å². The molecule has 3 aromatic carbocycles. The molecule has 6 rings (SSSR count). The normalized spacial score (nSPS) is 14.6. The minimum atomic E-state index is -0.666. The minimum Gasteiger partial charge on any atom is -0.497 e. The van der Waals surface area contributed by atoms with Gasteiger partial charge in [0.2, 0.25) is 0 Å². The van der Waals surface area contributed by atoms with Crippen LogP contribution < -0.4 is 29.8 Å². The molecular weight excluding hydrogens is 582 g/mol. The Kier molecular flexibility index (Phi) is 8.03. The lowest BCUT2D eigenvalue weighted by molar-refractivity contribution is -0.113. The zero-order valence-electron chi connectivity index (χ0n) is 26.2. The number of thiazole rings is 1. The Bertz CT molecular complexity index is 2100. The van der Waals surface area contributed by atoms with Crippen molar-refractivity contribution in [1.29, 1.82) is 0 Å². The summed E-state index contributed by atoms with van der Waals surface area (Å²) in [5, 5.41) is 3.00. The third-order valence-electron chi connectivity index (χ3n) is 8.11. The van der Waals surface area contributed by atoms with E-state index >= 15 is 0 Å². The molecule has 0 saturated heterocycles. The molecule has 0 unspecified atom stereocenters. The van der Waals surface area contributed by atoms with Crippen LogP contribution in [0.1, 0.15) is 35.5 Å². The Morgan fingerprint density at radius 3 is 2.31 bits per heavy atom. The predicted octanol–water partition coefficient (Wildman–Crippen LogP) is 5.36. The van der Waals surface area contributed by atoms with Gasteiger partial charge in [-0.3, -0.25) is 14.2 Å². The van der Waals surface area contributed by atoms with Crippen molar-refractivity contribution in [1.82, 2.24) is 9.13 Å². The molecular formula is C36H35N5O3S. The second-order valence-corrected chi connectivity index (χ2v) is 12.3. The second kappa shape index (κ2) is 12.1. The molecule has 2 aromatic heterocycles. The van der Waals surface area contributed by atoms with Crippen LogP contribution in [0.3, 0.4) is 0 Å². The van der Waals surface area contributed by atoms with E-state index in [2.05, 4.69) is 59.0 Å². The summed E-state index contributed by atoms with van der Waals surface area (Å²) in [6.45, 7) is 5.95. The zero-order chi connectivity index (χ0) is 31.8. The number of fused-ring (bicyclic) bond motifs is 1. The van der Waals surface area contributed by atoms with Gasteiger partial charge in [-0.15, -0.1) is 0 Å².